The van der Waals surface area contributed by atoms with Gasteiger partial charge in [0.15, 0.2) is 5.13 Å². The number of likely N-dealkylation sites (tertiary alicyclic amines) is 1. The Balaban J connectivity index is 1.41. The molecular weight excluding hydrogens is 400 g/mol. The Morgan fingerprint density at radius 2 is 2.00 bits per heavy atom. The molecule has 2 aliphatic carbocycles. The van der Waals surface area contributed by atoms with Crippen LogP contribution in [0.4, 0.5) is 9.93 Å². The van der Waals surface area contributed by atoms with Gasteiger partial charge in [-0.3, -0.25) is 10.1 Å². The molecule has 3 amide bonds. The van der Waals surface area contributed by atoms with Gasteiger partial charge in [0.2, 0.25) is 5.91 Å². The zero-order valence-corrected chi connectivity index (χ0v) is 18.3. The van der Waals surface area contributed by atoms with Crippen molar-refractivity contribution >= 4 is 28.4 Å². The molecule has 0 unspecified atom stereocenters. The number of anilines is 1. The summed E-state index contributed by atoms with van der Waals surface area (Å²) >= 11 is 1.43. The average Bonchev–Trinajstić information content (AvgIpc) is 3.16. The Morgan fingerprint density at radius 1 is 1.23 bits per heavy atom. The Bertz CT molecular complexity index is 1050. The predicted molar refractivity (Wildman–Crippen MR) is 114 cm³/mol. The number of amides is 3. The Kier molecular flexibility index (Phi) is 4.19. The summed E-state index contributed by atoms with van der Waals surface area (Å²) in [6.45, 7) is 6.83. The highest BCUT2D eigenvalue weighted by molar-refractivity contribution is 7.19. The van der Waals surface area contributed by atoms with Crippen LogP contribution < -0.4 is 11.1 Å². The minimum Gasteiger partial charge on any atom is -0.368 e. The second-order valence-electron chi connectivity index (χ2n) is 9.65. The number of aromatic nitrogens is 3. The van der Waals surface area contributed by atoms with Crippen molar-refractivity contribution in [1.82, 2.24) is 19.9 Å². The summed E-state index contributed by atoms with van der Waals surface area (Å²) in [6.07, 6.45) is 6.31. The molecule has 2 aromatic rings. The lowest BCUT2D eigenvalue weighted by Crippen LogP contribution is -2.48. The topological polar surface area (TPSA) is 114 Å². The van der Waals surface area contributed by atoms with Crippen LogP contribution in [0.25, 0.3) is 10.6 Å². The largest absolute Gasteiger partial charge is 0.368 e. The monoisotopic (exact) mass is 426 g/mol. The van der Waals surface area contributed by atoms with E-state index in [0.29, 0.717) is 11.7 Å². The summed E-state index contributed by atoms with van der Waals surface area (Å²) in [7, 11) is 0. The number of rotatable bonds is 2. The smallest absolute Gasteiger partial charge is 0.324 e. The third-order valence-corrected chi connectivity index (χ3v) is 7.48. The minimum absolute atomic E-state index is 0.0928. The van der Waals surface area contributed by atoms with Crippen LogP contribution in [-0.4, -0.2) is 44.4 Å². The highest BCUT2D eigenvalue weighted by atomic mass is 32.1. The van der Waals surface area contributed by atoms with Crippen molar-refractivity contribution in [2.75, 3.05) is 11.9 Å². The van der Waals surface area contributed by atoms with Gasteiger partial charge >= 0.3 is 6.03 Å². The standard InChI is InChI=1S/C21H26N6O2S/c1-20(2,3)17-23-10-11-4-5-12-14(13(11)25-17)30-18(24-12)26-19(29)27-9-8-21(6-7-21)15(27)16(22)28/h10,15H,4-9H2,1-3H3,(H2,22,28)(H,24,26,29)/t15-/m1/s1. The number of nitrogens with one attached hydrogen (secondary N) is 1. The van der Waals surface area contributed by atoms with Crippen molar-refractivity contribution in [3.05, 3.63) is 23.3 Å². The SMILES string of the molecule is CC(C)(C)c1ncc2c(n1)-c1sc(NC(=O)N3CCC4(CC4)[C@H]3C(N)=O)nc1CC2. The molecular formula is C21H26N6O2S. The van der Waals surface area contributed by atoms with Gasteiger partial charge in [0.1, 0.15) is 11.9 Å². The van der Waals surface area contributed by atoms with Crippen LogP contribution >= 0.6 is 11.3 Å². The van der Waals surface area contributed by atoms with E-state index in [9.17, 15) is 9.59 Å². The van der Waals surface area contributed by atoms with Crippen LogP contribution in [0.2, 0.25) is 0 Å². The van der Waals surface area contributed by atoms with E-state index < -0.39 is 11.9 Å². The lowest BCUT2D eigenvalue weighted by molar-refractivity contribution is -0.122. The number of nitrogens with zero attached hydrogens (tertiary/aromatic N) is 4. The fourth-order valence-electron chi connectivity index (χ4n) is 4.62. The number of fused-ring (bicyclic) bond motifs is 3. The highest BCUT2D eigenvalue weighted by Gasteiger charge is 2.59. The molecule has 1 spiro atoms. The quantitative estimate of drug-likeness (QED) is 0.766. The van der Waals surface area contributed by atoms with Crippen molar-refractivity contribution in [1.29, 1.82) is 0 Å². The molecule has 1 atom stereocenters. The number of hydrogen-bond acceptors (Lipinski definition) is 6. The Morgan fingerprint density at radius 3 is 2.67 bits per heavy atom. The molecule has 1 saturated carbocycles. The van der Waals surface area contributed by atoms with E-state index in [2.05, 4.69) is 36.1 Å². The predicted octanol–water partition coefficient (Wildman–Crippen LogP) is 2.87. The number of carbonyl (C=O) groups is 2. The fraction of sp³-hybridized carbons (Fsp3) is 0.571. The number of thiazole rings is 1. The van der Waals surface area contributed by atoms with Gasteiger partial charge in [0.05, 0.1) is 16.3 Å². The van der Waals surface area contributed by atoms with Gasteiger partial charge in [0, 0.05) is 23.6 Å². The van der Waals surface area contributed by atoms with Crippen LogP contribution in [0, 0.1) is 5.41 Å². The molecule has 9 heteroatoms. The first-order valence-corrected chi connectivity index (χ1v) is 11.2. The van der Waals surface area contributed by atoms with E-state index in [1.54, 1.807) is 4.90 Å². The number of nitrogens with two attached hydrogens (primary N) is 1. The van der Waals surface area contributed by atoms with E-state index >= 15 is 0 Å². The summed E-state index contributed by atoms with van der Waals surface area (Å²) in [6, 6.07) is -0.818. The average molecular weight is 427 g/mol. The third-order valence-electron chi connectivity index (χ3n) is 6.46. The first-order valence-electron chi connectivity index (χ1n) is 10.4. The zero-order valence-electron chi connectivity index (χ0n) is 17.5. The molecule has 0 radical (unpaired) electrons. The molecule has 8 nitrogen and oxygen atoms in total. The maximum Gasteiger partial charge on any atom is 0.324 e. The van der Waals surface area contributed by atoms with Crippen molar-refractivity contribution in [3.63, 3.8) is 0 Å². The number of carbonyl (C=O) groups excluding carboxylic acids is 2. The van der Waals surface area contributed by atoms with E-state index in [0.717, 1.165) is 59.8 Å². The molecule has 30 heavy (non-hydrogen) atoms. The first kappa shape index (κ1) is 19.4. The molecule has 2 fully saturated rings. The zero-order chi connectivity index (χ0) is 21.3. The molecule has 0 bridgehead atoms. The molecule has 2 aromatic heterocycles. The van der Waals surface area contributed by atoms with Crippen LogP contribution in [0.15, 0.2) is 6.20 Å². The van der Waals surface area contributed by atoms with Crippen molar-refractivity contribution in [2.45, 2.75) is 64.3 Å². The van der Waals surface area contributed by atoms with Crippen molar-refractivity contribution in [3.8, 4) is 10.6 Å². The highest BCUT2D eigenvalue weighted by Crippen LogP contribution is 2.57. The second kappa shape index (κ2) is 6.47. The fourth-order valence-corrected chi connectivity index (χ4v) is 5.65. The summed E-state index contributed by atoms with van der Waals surface area (Å²) in [5.41, 5.74) is 8.37. The molecule has 1 aliphatic heterocycles. The molecule has 3 heterocycles. The normalized spacial score (nSPS) is 21.3. The van der Waals surface area contributed by atoms with E-state index in [-0.39, 0.29) is 16.9 Å². The number of aryl methyl sites for hydroxylation is 2. The second-order valence-corrected chi connectivity index (χ2v) is 10.7. The van der Waals surface area contributed by atoms with E-state index in [1.165, 1.54) is 11.3 Å². The Labute approximate surface area is 179 Å². The molecule has 3 N–H and O–H groups in total. The third kappa shape index (κ3) is 3.07. The van der Waals surface area contributed by atoms with Crippen molar-refractivity contribution < 1.29 is 9.59 Å². The molecule has 158 valence electrons. The van der Waals surface area contributed by atoms with Crippen LogP contribution in [0.3, 0.4) is 0 Å². The van der Waals surface area contributed by atoms with Gasteiger partial charge in [-0.05, 0) is 37.7 Å². The van der Waals surface area contributed by atoms with Crippen molar-refractivity contribution in [2.24, 2.45) is 11.1 Å². The molecule has 1 saturated heterocycles. The summed E-state index contributed by atoms with van der Waals surface area (Å²) in [5.74, 6) is 0.378. The minimum atomic E-state index is -0.519. The van der Waals surface area contributed by atoms with Gasteiger partial charge in [-0.2, -0.15) is 0 Å². The number of primary amides is 1. The Hall–Kier alpha value is -2.55. The summed E-state index contributed by atoms with van der Waals surface area (Å²) < 4.78 is 0. The lowest BCUT2D eigenvalue weighted by Gasteiger charge is -2.25. The van der Waals surface area contributed by atoms with E-state index in [1.807, 2.05) is 6.20 Å². The maximum absolute atomic E-state index is 12.9. The van der Waals surface area contributed by atoms with Crippen LogP contribution in [0.5, 0.6) is 0 Å². The first-order chi connectivity index (χ1) is 14.2. The molecule has 5 rings (SSSR count). The van der Waals surface area contributed by atoms with Gasteiger partial charge in [-0.1, -0.05) is 32.1 Å². The van der Waals surface area contributed by atoms with E-state index in [4.69, 9.17) is 10.7 Å². The maximum atomic E-state index is 12.9. The van der Waals surface area contributed by atoms with Gasteiger partial charge < -0.3 is 10.6 Å². The molecule has 0 aromatic carbocycles. The number of urea groups is 1. The summed E-state index contributed by atoms with van der Waals surface area (Å²) in [4.78, 5) is 41.6. The van der Waals surface area contributed by atoms with Gasteiger partial charge in [0.25, 0.3) is 0 Å². The van der Waals surface area contributed by atoms with Crippen LogP contribution in [0.1, 0.15) is 57.1 Å². The number of hydrogen-bond donors (Lipinski definition) is 2. The van der Waals surface area contributed by atoms with Crippen LogP contribution in [-0.2, 0) is 23.1 Å². The van der Waals surface area contributed by atoms with Gasteiger partial charge in [-0.15, -0.1) is 0 Å². The van der Waals surface area contributed by atoms with Gasteiger partial charge in [-0.25, -0.2) is 19.7 Å². The summed E-state index contributed by atoms with van der Waals surface area (Å²) in [5, 5.41) is 3.45. The lowest BCUT2D eigenvalue weighted by atomic mass is 9.94. The molecule has 3 aliphatic rings.